The number of carbonyl (C=O) groups excluding carboxylic acids is 1. The van der Waals surface area contributed by atoms with Gasteiger partial charge in [0.15, 0.2) is 4.80 Å². The van der Waals surface area contributed by atoms with Crippen LogP contribution < -0.4 is 19.6 Å². The summed E-state index contributed by atoms with van der Waals surface area (Å²) in [7, 11) is 0. The number of hydrogen-bond acceptors (Lipinski definition) is 6. The second kappa shape index (κ2) is 12.0. The second-order valence-electron chi connectivity index (χ2n) is 9.29. The van der Waals surface area contributed by atoms with Gasteiger partial charge >= 0.3 is 5.97 Å². The van der Waals surface area contributed by atoms with Crippen molar-refractivity contribution in [3.8, 4) is 5.75 Å². The molecule has 1 atom stereocenters. The zero-order valence-electron chi connectivity index (χ0n) is 22.1. The fourth-order valence-corrected chi connectivity index (χ4v) is 6.55. The van der Waals surface area contributed by atoms with E-state index < -0.39 is 12.0 Å². The summed E-state index contributed by atoms with van der Waals surface area (Å²) in [6, 6.07) is 20.5. The van der Waals surface area contributed by atoms with Gasteiger partial charge in [-0.3, -0.25) is 9.36 Å². The minimum atomic E-state index is -0.669. The average Bonchev–Trinajstić information content (AvgIpc) is 3.22. The van der Waals surface area contributed by atoms with Gasteiger partial charge in [-0.05, 0) is 66.0 Å². The zero-order valence-corrected chi connectivity index (χ0v) is 25.3. The van der Waals surface area contributed by atoms with Crippen LogP contribution in [-0.4, -0.2) is 17.1 Å². The lowest BCUT2D eigenvalue weighted by atomic mass is 9.95. The third kappa shape index (κ3) is 5.70. The smallest absolute Gasteiger partial charge is 0.338 e. The van der Waals surface area contributed by atoms with Crippen LogP contribution in [0.25, 0.3) is 6.08 Å². The summed E-state index contributed by atoms with van der Waals surface area (Å²) in [5, 5.41) is 0.496. The Labute approximate surface area is 249 Å². The summed E-state index contributed by atoms with van der Waals surface area (Å²) in [6.07, 6.45) is 1.76. The van der Waals surface area contributed by atoms with Gasteiger partial charge in [-0.2, -0.15) is 0 Å². The molecule has 0 spiro atoms. The van der Waals surface area contributed by atoms with Gasteiger partial charge in [0.1, 0.15) is 12.4 Å². The maximum absolute atomic E-state index is 14.0. The van der Waals surface area contributed by atoms with E-state index in [2.05, 4.69) is 20.9 Å². The van der Waals surface area contributed by atoms with Gasteiger partial charge in [-0.25, -0.2) is 9.79 Å². The molecule has 1 aliphatic heterocycles. The number of ether oxygens (including phenoxy) is 2. The fraction of sp³-hybridized carbons (Fsp3) is 0.194. The number of esters is 1. The number of aromatic nitrogens is 1. The van der Waals surface area contributed by atoms with Crippen molar-refractivity contribution in [1.82, 2.24) is 4.57 Å². The third-order valence-corrected chi connectivity index (χ3v) is 8.25. The molecule has 0 fully saturated rings. The SMILES string of the molecule is CCOC(=O)C1=C(C)N=c2s/c(=C\c3cc(Cl)cc(Br)c3OCc3ccccc3)c(=O)n2[C@@H]1c1ccc(C)cc1. The molecule has 0 saturated heterocycles. The normalized spacial score (nSPS) is 15.0. The maximum Gasteiger partial charge on any atom is 0.338 e. The summed E-state index contributed by atoms with van der Waals surface area (Å²) in [5.74, 6) is 0.0801. The molecule has 40 heavy (non-hydrogen) atoms. The summed E-state index contributed by atoms with van der Waals surface area (Å²) in [4.78, 5) is 32.2. The van der Waals surface area contributed by atoms with Crippen molar-refractivity contribution in [1.29, 1.82) is 0 Å². The number of nitrogens with zero attached hydrogens (tertiary/aromatic N) is 2. The first-order valence-electron chi connectivity index (χ1n) is 12.7. The highest BCUT2D eigenvalue weighted by atomic mass is 79.9. The minimum Gasteiger partial charge on any atom is -0.487 e. The van der Waals surface area contributed by atoms with Crippen LogP contribution in [0.5, 0.6) is 5.75 Å². The van der Waals surface area contributed by atoms with Gasteiger partial charge in [0.25, 0.3) is 5.56 Å². The molecule has 1 aromatic heterocycles. The predicted octanol–water partition coefficient (Wildman–Crippen LogP) is 6.10. The lowest BCUT2D eigenvalue weighted by molar-refractivity contribution is -0.139. The van der Waals surface area contributed by atoms with E-state index in [4.69, 9.17) is 21.1 Å². The Bertz CT molecular complexity index is 1790. The lowest BCUT2D eigenvalue weighted by Gasteiger charge is -2.24. The first-order valence-corrected chi connectivity index (χ1v) is 14.7. The van der Waals surface area contributed by atoms with E-state index in [-0.39, 0.29) is 12.2 Å². The van der Waals surface area contributed by atoms with Gasteiger partial charge in [0, 0.05) is 10.6 Å². The molecular formula is C31H26BrClN2O4S. The van der Waals surface area contributed by atoms with Crippen LogP contribution >= 0.6 is 38.9 Å². The number of allylic oxidation sites excluding steroid dienone is 1. The summed E-state index contributed by atoms with van der Waals surface area (Å²) >= 11 is 11.2. The molecule has 0 amide bonds. The predicted molar refractivity (Wildman–Crippen MR) is 162 cm³/mol. The van der Waals surface area contributed by atoms with Gasteiger partial charge in [0.05, 0.1) is 32.9 Å². The van der Waals surface area contributed by atoms with E-state index in [0.29, 0.717) is 48.0 Å². The lowest BCUT2D eigenvalue weighted by Crippen LogP contribution is -2.39. The molecule has 204 valence electrons. The number of benzene rings is 3. The Morgan fingerprint density at radius 1 is 1.12 bits per heavy atom. The largest absolute Gasteiger partial charge is 0.487 e. The van der Waals surface area contributed by atoms with Crippen LogP contribution in [0, 0.1) is 6.92 Å². The summed E-state index contributed by atoms with van der Waals surface area (Å²) in [6.45, 7) is 6.08. The Morgan fingerprint density at radius 3 is 2.55 bits per heavy atom. The van der Waals surface area contributed by atoms with Gasteiger partial charge in [-0.1, -0.05) is 83.1 Å². The monoisotopic (exact) mass is 636 g/mol. The molecule has 0 aliphatic carbocycles. The molecule has 0 unspecified atom stereocenters. The quantitative estimate of drug-likeness (QED) is 0.230. The average molecular weight is 638 g/mol. The molecule has 2 heterocycles. The summed E-state index contributed by atoms with van der Waals surface area (Å²) in [5.41, 5.74) is 4.13. The fourth-order valence-electron chi connectivity index (χ4n) is 4.57. The number of hydrogen-bond donors (Lipinski definition) is 0. The van der Waals surface area contributed by atoms with E-state index in [1.54, 1.807) is 36.6 Å². The van der Waals surface area contributed by atoms with Crippen molar-refractivity contribution in [3.63, 3.8) is 0 Å². The molecule has 5 rings (SSSR count). The molecule has 9 heteroatoms. The number of fused-ring (bicyclic) bond motifs is 1. The molecule has 0 saturated carbocycles. The van der Waals surface area contributed by atoms with Gasteiger partial charge < -0.3 is 9.47 Å². The van der Waals surface area contributed by atoms with Crippen LogP contribution in [0.15, 0.2) is 92.3 Å². The van der Waals surface area contributed by atoms with E-state index in [1.807, 2.05) is 61.5 Å². The van der Waals surface area contributed by atoms with Crippen molar-refractivity contribution in [2.45, 2.75) is 33.4 Å². The van der Waals surface area contributed by atoms with E-state index in [1.165, 1.54) is 11.3 Å². The molecule has 0 radical (unpaired) electrons. The van der Waals surface area contributed by atoms with Crippen LogP contribution in [0.4, 0.5) is 0 Å². The molecule has 0 bridgehead atoms. The van der Waals surface area contributed by atoms with Crippen LogP contribution in [-0.2, 0) is 16.1 Å². The maximum atomic E-state index is 14.0. The van der Waals surface area contributed by atoms with Crippen molar-refractivity contribution in [2.24, 2.45) is 4.99 Å². The molecule has 3 aromatic carbocycles. The van der Waals surface area contributed by atoms with Gasteiger partial charge in [0.2, 0.25) is 0 Å². The second-order valence-corrected chi connectivity index (χ2v) is 11.6. The van der Waals surface area contributed by atoms with Crippen molar-refractivity contribution >= 4 is 50.9 Å². The highest BCUT2D eigenvalue weighted by molar-refractivity contribution is 9.10. The Morgan fingerprint density at radius 2 is 1.85 bits per heavy atom. The van der Waals surface area contributed by atoms with E-state index in [9.17, 15) is 9.59 Å². The van der Waals surface area contributed by atoms with Crippen molar-refractivity contribution in [2.75, 3.05) is 6.61 Å². The number of rotatable bonds is 7. The highest BCUT2D eigenvalue weighted by Gasteiger charge is 2.33. The van der Waals surface area contributed by atoms with Crippen LogP contribution in [0.1, 0.15) is 42.1 Å². The molecule has 6 nitrogen and oxygen atoms in total. The number of carbonyl (C=O) groups is 1. The Balaban J connectivity index is 1.65. The van der Waals surface area contributed by atoms with Gasteiger partial charge in [-0.15, -0.1) is 0 Å². The number of thiazole rings is 1. The molecule has 0 N–H and O–H groups in total. The van der Waals surface area contributed by atoms with Crippen molar-refractivity contribution < 1.29 is 14.3 Å². The third-order valence-electron chi connectivity index (χ3n) is 6.46. The van der Waals surface area contributed by atoms with E-state index in [0.717, 1.165) is 16.7 Å². The number of aryl methyl sites for hydroxylation is 1. The minimum absolute atomic E-state index is 0.218. The Kier molecular flexibility index (Phi) is 8.40. The summed E-state index contributed by atoms with van der Waals surface area (Å²) < 4.78 is 14.2. The highest BCUT2D eigenvalue weighted by Crippen LogP contribution is 2.34. The molecular weight excluding hydrogens is 612 g/mol. The van der Waals surface area contributed by atoms with Crippen molar-refractivity contribution in [3.05, 3.63) is 129 Å². The zero-order chi connectivity index (χ0) is 28.4. The van der Waals surface area contributed by atoms with E-state index >= 15 is 0 Å². The van der Waals surface area contributed by atoms with Crippen LogP contribution in [0.2, 0.25) is 5.02 Å². The standard InChI is InChI=1S/C31H26BrClN2O4S/c1-4-38-30(37)26-19(3)34-31-35(27(26)21-12-10-18(2)11-13-21)29(36)25(40-31)15-22-14-23(33)16-24(32)28(22)39-17-20-8-6-5-7-9-20/h5-16,27H,4,17H2,1-3H3/b25-15-/t27-/m1/s1. The molecule has 4 aromatic rings. The van der Waals surface area contributed by atoms with Crippen LogP contribution in [0.3, 0.4) is 0 Å². The first-order chi connectivity index (χ1) is 19.3. The topological polar surface area (TPSA) is 69.9 Å². The number of halogens is 2. The Hall–Kier alpha value is -3.46. The molecule has 1 aliphatic rings. The first kappa shape index (κ1) is 28.1.